The summed E-state index contributed by atoms with van der Waals surface area (Å²) in [6.45, 7) is 11.1. The highest BCUT2D eigenvalue weighted by Gasteiger charge is 2.31. The zero-order valence-corrected chi connectivity index (χ0v) is 19.6. The Morgan fingerprint density at radius 3 is 2.60 bits per heavy atom. The molecule has 6 nitrogen and oxygen atoms in total. The molecular weight excluding hydrogens is 444 g/mol. The molecular formula is C23H31BrN4O2. The van der Waals surface area contributed by atoms with Crippen molar-refractivity contribution in [3.05, 3.63) is 48.1 Å². The zero-order chi connectivity index (χ0) is 21.3. The number of benzene rings is 1. The molecule has 0 amide bonds. The summed E-state index contributed by atoms with van der Waals surface area (Å²) in [6, 6.07) is 4.27. The first kappa shape index (κ1) is 22.7. The summed E-state index contributed by atoms with van der Waals surface area (Å²) >= 11 is 2.94. The van der Waals surface area contributed by atoms with Crippen molar-refractivity contribution in [3.8, 4) is 0 Å². The Kier molecular flexibility index (Phi) is 8.66. The van der Waals surface area contributed by atoms with Gasteiger partial charge in [0.2, 0.25) is 0 Å². The summed E-state index contributed by atoms with van der Waals surface area (Å²) in [5.41, 5.74) is 5.05. The molecule has 0 saturated carbocycles. The van der Waals surface area contributed by atoms with Crippen molar-refractivity contribution >= 4 is 38.2 Å². The van der Waals surface area contributed by atoms with Gasteiger partial charge in [0.1, 0.15) is 5.52 Å². The molecule has 2 aliphatic rings. The van der Waals surface area contributed by atoms with Gasteiger partial charge < -0.3 is 9.64 Å². The van der Waals surface area contributed by atoms with Crippen LogP contribution in [0.25, 0.3) is 16.6 Å². The van der Waals surface area contributed by atoms with Gasteiger partial charge in [0, 0.05) is 38.6 Å². The summed E-state index contributed by atoms with van der Waals surface area (Å²) in [5, 5.41) is 8.28. The molecule has 0 spiro atoms. The number of hydrogen-bond donors (Lipinski definition) is 0. The third kappa shape index (κ3) is 5.39. The van der Waals surface area contributed by atoms with Gasteiger partial charge in [-0.15, -0.1) is 0 Å². The number of morpholine rings is 1. The van der Waals surface area contributed by atoms with E-state index in [0.717, 1.165) is 73.8 Å². The maximum Gasteiger partial charge on any atom is 0.158 e. The SMILES string of the molecule is CBr.C\C=C/C=C(\C=C/C)c1cc(N2CC(CN3CCOCC3)C2)c2nonc2c1. The van der Waals surface area contributed by atoms with Gasteiger partial charge in [-0.3, -0.25) is 4.90 Å². The van der Waals surface area contributed by atoms with Crippen LogP contribution in [0, 0.1) is 5.92 Å². The van der Waals surface area contributed by atoms with Gasteiger partial charge in [-0.25, -0.2) is 4.63 Å². The molecule has 2 fully saturated rings. The number of fused-ring (bicyclic) bond motifs is 1. The van der Waals surface area contributed by atoms with E-state index >= 15 is 0 Å². The molecule has 1 aromatic heterocycles. The van der Waals surface area contributed by atoms with E-state index in [4.69, 9.17) is 9.37 Å². The Bertz CT molecular complexity index is 894. The lowest BCUT2D eigenvalue weighted by molar-refractivity contribution is 0.0286. The van der Waals surface area contributed by atoms with Crippen LogP contribution in [0.15, 0.2) is 47.1 Å². The summed E-state index contributed by atoms with van der Waals surface area (Å²) in [6.07, 6.45) is 10.4. The fourth-order valence-corrected chi connectivity index (χ4v) is 3.94. The number of aromatic nitrogens is 2. The molecule has 2 aromatic rings. The minimum atomic E-state index is 0.685. The smallest absolute Gasteiger partial charge is 0.158 e. The van der Waals surface area contributed by atoms with Crippen molar-refractivity contribution in [2.24, 2.45) is 5.92 Å². The van der Waals surface area contributed by atoms with Gasteiger partial charge in [0.05, 0.1) is 18.9 Å². The van der Waals surface area contributed by atoms with Crippen molar-refractivity contribution in [2.75, 3.05) is 56.7 Å². The van der Waals surface area contributed by atoms with Crippen molar-refractivity contribution in [2.45, 2.75) is 13.8 Å². The molecule has 30 heavy (non-hydrogen) atoms. The predicted molar refractivity (Wildman–Crippen MR) is 127 cm³/mol. The fourth-order valence-electron chi connectivity index (χ4n) is 3.94. The highest BCUT2D eigenvalue weighted by atomic mass is 79.9. The average molecular weight is 475 g/mol. The molecule has 0 atom stereocenters. The van der Waals surface area contributed by atoms with Crippen LogP contribution in [0.2, 0.25) is 0 Å². The maximum absolute atomic E-state index is 5.45. The van der Waals surface area contributed by atoms with Gasteiger partial charge in [-0.2, -0.15) is 0 Å². The van der Waals surface area contributed by atoms with Crippen LogP contribution in [0.3, 0.4) is 0 Å². The van der Waals surface area contributed by atoms with E-state index in [1.807, 2.05) is 25.8 Å². The Hall–Kier alpha value is -1.96. The lowest BCUT2D eigenvalue weighted by Crippen LogP contribution is -2.53. The Morgan fingerprint density at radius 1 is 1.13 bits per heavy atom. The first-order valence-electron chi connectivity index (χ1n) is 10.4. The second-order valence-electron chi connectivity index (χ2n) is 7.46. The number of anilines is 1. The third-order valence-corrected chi connectivity index (χ3v) is 5.41. The molecule has 2 aliphatic heterocycles. The van der Waals surface area contributed by atoms with E-state index in [9.17, 15) is 0 Å². The largest absolute Gasteiger partial charge is 0.379 e. The molecule has 0 aliphatic carbocycles. The summed E-state index contributed by atoms with van der Waals surface area (Å²) in [4.78, 5) is 4.91. The Balaban J connectivity index is 0.00000124. The zero-order valence-electron chi connectivity index (χ0n) is 18.1. The molecule has 0 bridgehead atoms. The van der Waals surface area contributed by atoms with Crippen LogP contribution in [0.4, 0.5) is 5.69 Å². The summed E-state index contributed by atoms with van der Waals surface area (Å²) in [7, 11) is 0. The quantitative estimate of drug-likeness (QED) is 0.452. The standard InChI is InChI=1S/C22H28N4O2.CH3Br/c1-3-5-7-18(6-4-2)19-12-20-22(24-28-23-20)21(13-19)26-15-17(16-26)14-25-8-10-27-11-9-25;1-2/h3-7,12-13,17H,8-11,14-16H2,1-2H3;1H3/b5-3-,6-4-,18-7+;. The lowest BCUT2D eigenvalue weighted by Gasteiger charge is -2.43. The number of nitrogens with zero attached hydrogens (tertiary/aromatic N) is 4. The van der Waals surface area contributed by atoms with Gasteiger partial charge in [0.25, 0.3) is 0 Å². The molecule has 0 N–H and O–H groups in total. The Labute approximate surface area is 187 Å². The minimum absolute atomic E-state index is 0.685. The topological polar surface area (TPSA) is 54.6 Å². The number of halogens is 1. The second-order valence-corrected chi connectivity index (χ2v) is 7.46. The van der Waals surface area contributed by atoms with Crippen molar-refractivity contribution in [1.29, 1.82) is 0 Å². The third-order valence-electron chi connectivity index (χ3n) is 5.41. The number of rotatable bonds is 6. The van der Waals surface area contributed by atoms with Crippen molar-refractivity contribution < 1.29 is 9.37 Å². The number of ether oxygens (including phenoxy) is 1. The fraction of sp³-hybridized carbons (Fsp3) is 0.478. The van der Waals surface area contributed by atoms with E-state index in [1.54, 1.807) is 0 Å². The number of hydrogen-bond acceptors (Lipinski definition) is 6. The molecule has 0 radical (unpaired) electrons. The molecule has 3 heterocycles. The van der Waals surface area contributed by atoms with Crippen LogP contribution in [-0.2, 0) is 4.74 Å². The Morgan fingerprint density at radius 2 is 1.90 bits per heavy atom. The van der Waals surface area contributed by atoms with E-state index < -0.39 is 0 Å². The molecule has 0 unspecified atom stereocenters. The minimum Gasteiger partial charge on any atom is -0.379 e. The van der Waals surface area contributed by atoms with Gasteiger partial charge in [-0.1, -0.05) is 46.3 Å². The number of alkyl halides is 1. The highest BCUT2D eigenvalue weighted by Crippen LogP contribution is 2.34. The monoisotopic (exact) mass is 474 g/mol. The second kappa shape index (κ2) is 11.4. The van der Waals surface area contributed by atoms with Crippen LogP contribution in [0.5, 0.6) is 0 Å². The van der Waals surface area contributed by atoms with Gasteiger partial charge in [-0.05, 0) is 53.3 Å². The van der Waals surface area contributed by atoms with Crippen LogP contribution in [-0.4, -0.2) is 67.0 Å². The van der Waals surface area contributed by atoms with E-state index in [-0.39, 0.29) is 0 Å². The van der Waals surface area contributed by atoms with Crippen molar-refractivity contribution in [3.63, 3.8) is 0 Å². The van der Waals surface area contributed by atoms with Crippen LogP contribution >= 0.6 is 15.9 Å². The van der Waals surface area contributed by atoms with E-state index in [0.29, 0.717) is 5.92 Å². The predicted octanol–water partition coefficient (Wildman–Crippen LogP) is 4.54. The molecule has 7 heteroatoms. The molecule has 4 rings (SSSR count). The normalized spacial score (nSPS) is 18.8. The van der Waals surface area contributed by atoms with Gasteiger partial charge >= 0.3 is 0 Å². The first-order valence-corrected chi connectivity index (χ1v) is 12.0. The van der Waals surface area contributed by atoms with Crippen LogP contribution in [0.1, 0.15) is 19.4 Å². The highest BCUT2D eigenvalue weighted by molar-refractivity contribution is 9.08. The van der Waals surface area contributed by atoms with Gasteiger partial charge in [0.15, 0.2) is 5.52 Å². The van der Waals surface area contributed by atoms with E-state index in [2.05, 4.69) is 72.5 Å². The maximum atomic E-state index is 5.45. The van der Waals surface area contributed by atoms with Crippen molar-refractivity contribution in [1.82, 2.24) is 15.2 Å². The summed E-state index contributed by atoms with van der Waals surface area (Å²) in [5.74, 6) is 2.50. The molecule has 1 aromatic carbocycles. The first-order chi connectivity index (χ1) is 14.8. The van der Waals surface area contributed by atoms with Crippen LogP contribution < -0.4 is 4.90 Å². The summed E-state index contributed by atoms with van der Waals surface area (Å²) < 4.78 is 10.5. The molecule has 162 valence electrons. The average Bonchev–Trinajstić information content (AvgIpc) is 3.24. The lowest BCUT2D eigenvalue weighted by atomic mass is 9.96. The number of allylic oxidation sites excluding steroid dienone is 6. The molecule has 2 saturated heterocycles. The van der Waals surface area contributed by atoms with E-state index in [1.165, 1.54) is 0 Å².